The number of aromatic nitrogens is 3. The van der Waals surface area contributed by atoms with E-state index in [9.17, 15) is 4.79 Å². The average molecular weight is 421 g/mol. The van der Waals surface area contributed by atoms with E-state index in [1.807, 2.05) is 23.7 Å². The number of carbonyl (C=O) groups is 1. The van der Waals surface area contributed by atoms with Crippen molar-refractivity contribution in [2.24, 2.45) is 7.05 Å². The molecule has 1 saturated heterocycles. The van der Waals surface area contributed by atoms with Crippen molar-refractivity contribution < 1.29 is 4.79 Å². The normalized spacial score (nSPS) is 20.4. The number of nitrogens with zero attached hydrogens (tertiary/aromatic N) is 5. The monoisotopic (exact) mass is 421 g/mol. The fourth-order valence-corrected chi connectivity index (χ4v) is 5.04. The lowest BCUT2D eigenvalue weighted by molar-refractivity contribution is -0.135. The molecule has 1 aromatic carbocycles. The zero-order valence-corrected chi connectivity index (χ0v) is 19.2. The maximum absolute atomic E-state index is 13.3. The minimum absolute atomic E-state index is 0.246. The Kier molecular flexibility index (Phi) is 6.11. The van der Waals surface area contributed by atoms with Crippen molar-refractivity contribution in [2.75, 3.05) is 32.4 Å². The van der Waals surface area contributed by atoms with Crippen LogP contribution < -0.4 is 0 Å². The summed E-state index contributed by atoms with van der Waals surface area (Å²) < 4.78 is 1.71. The van der Waals surface area contributed by atoms with Crippen molar-refractivity contribution >= 4 is 38.9 Å². The Morgan fingerprint density at radius 2 is 1.93 bits per heavy atom. The molecule has 2 aliphatic rings. The first-order valence-electron chi connectivity index (χ1n) is 10.6. The van der Waals surface area contributed by atoms with Crippen molar-refractivity contribution in [3.8, 4) is 11.4 Å². The van der Waals surface area contributed by atoms with Crippen LogP contribution in [0, 0.1) is 0 Å². The Balaban J connectivity index is 1.40. The minimum atomic E-state index is -0.437. The molecule has 1 unspecified atom stereocenters. The molecule has 2 aromatic rings. The average Bonchev–Trinajstić information content (AvgIpc) is 3.43. The lowest BCUT2D eigenvalue weighted by atomic mass is 9.59. The maximum Gasteiger partial charge on any atom is 0.226 e. The minimum Gasteiger partial charge on any atom is -0.338 e. The Morgan fingerprint density at radius 3 is 2.50 bits per heavy atom. The third-order valence-corrected chi connectivity index (χ3v) is 7.45. The lowest BCUT2D eigenvalue weighted by Gasteiger charge is -2.40. The van der Waals surface area contributed by atoms with Gasteiger partial charge in [-0.25, -0.2) is 4.98 Å². The standard InChI is InChI=1S/C21H29B2N5OS/c1-26-14-24-19(25-26)17-5-3-15(4-6-17)16-7-10-27(11-8-16)20(29)21(22,23)28-12-9-18(13-28)30-2/h3-7,14,18H,8-13,22-23H2,1-2H3. The number of aryl methyl sites for hydroxylation is 1. The molecule has 6 nitrogen and oxygen atoms in total. The highest BCUT2D eigenvalue weighted by atomic mass is 32.2. The van der Waals surface area contributed by atoms with Gasteiger partial charge in [0.1, 0.15) is 22.0 Å². The van der Waals surface area contributed by atoms with Gasteiger partial charge in [0, 0.05) is 42.8 Å². The van der Waals surface area contributed by atoms with Crippen LogP contribution in [0.25, 0.3) is 17.0 Å². The number of likely N-dealkylation sites (tertiary alicyclic amines) is 1. The van der Waals surface area contributed by atoms with Crippen molar-refractivity contribution in [2.45, 2.75) is 23.4 Å². The van der Waals surface area contributed by atoms with Gasteiger partial charge in [0.25, 0.3) is 0 Å². The van der Waals surface area contributed by atoms with Gasteiger partial charge < -0.3 is 9.80 Å². The first-order valence-corrected chi connectivity index (χ1v) is 11.9. The molecule has 1 fully saturated rings. The van der Waals surface area contributed by atoms with Gasteiger partial charge in [0.2, 0.25) is 5.91 Å². The molecule has 1 atom stereocenters. The van der Waals surface area contributed by atoms with Gasteiger partial charge in [0.05, 0.1) is 0 Å². The zero-order valence-electron chi connectivity index (χ0n) is 18.3. The molecule has 3 heterocycles. The van der Waals surface area contributed by atoms with Gasteiger partial charge >= 0.3 is 0 Å². The summed E-state index contributed by atoms with van der Waals surface area (Å²) in [5.74, 6) is 0.988. The van der Waals surface area contributed by atoms with Gasteiger partial charge in [0.15, 0.2) is 5.82 Å². The molecular formula is C21H29B2N5OS. The summed E-state index contributed by atoms with van der Waals surface area (Å²) in [6.07, 6.45) is 8.14. The summed E-state index contributed by atoms with van der Waals surface area (Å²) in [6, 6.07) is 8.40. The smallest absolute Gasteiger partial charge is 0.226 e. The zero-order chi connectivity index (χ0) is 21.3. The van der Waals surface area contributed by atoms with Crippen LogP contribution in [0.2, 0.25) is 0 Å². The van der Waals surface area contributed by atoms with Crippen LogP contribution in [0.5, 0.6) is 0 Å². The number of thioether (sulfide) groups is 1. The summed E-state index contributed by atoms with van der Waals surface area (Å²) in [5.41, 5.74) is 3.54. The molecule has 1 aromatic heterocycles. The van der Waals surface area contributed by atoms with Crippen LogP contribution in [0.15, 0.2) is 36.7 Å². The van der Waals surface area contributed by atoms with E-state index in [1.54, 1.807) is 11.0 Å². The molecule has 0 N–H and O–H groups in total. The number of rotatable bonds is 5. The number of hydrogen-bond donors (Lipinski definition) is 0. The molecule has 0 saturated carbocycles. The molecule has 0 spiro atoms. The second-order valence-electron chi connectivity index (χ2n) is 8.70. The maximum atomic E-state index is 13.3. The van der Waals surface area contributed by atoms with Gasteiger partial charge in [-0.15, -0.1) is 0 Å². The molecule has 4 rings (SSSR count). The van der Waals surface area contributed by atoms with E-state index in [1.165, 1.54) is 17.6 Å². The van der Waals surface area contributed by atoms with Crippen LogP contribution in [0.3, 0.4) is 0 Å². The molecule has 2 aliphatic heterocycles. The Labute approximate surface area is 184 Å². The van der Waals surface area contributed by atoms with Crippen molar-refractivity contribution in [1.82, 2.24) is 24.6 Å². The Bertz CT molecular complexity index is 943. The molecule has 1 amide bonds. The molecule has 9 heteroatoms. The molecule has 0 aliphatic carbocycles. The van der Waals surface area contributed by atoms with Crippen molar-refractivity contribution in [1.29, 1.82) is 0 Å². The van der Waals surface area contributed by atoms with Gasteiger partial charge in [-0.05, 0) is 36.8 Å². The van der Waals surface area contributed by atoms with Crippen molar-refractivity contribution in [3.63, 3.8) is 0 Å². The highest BCUT2D eigenvalue weighted by molar-refractivity contribution is 7.99. The summed E-state index contributed by atoms with van der Waals surface area (Å²) in [5, 5.41) is 4.57. The molecule has 156 valence electrons. The third-order valence-electron chi connectivity index (χ3n) is 6.40. The first-order chi connectivity index (χ1) is 14.4. The second-order valence-corrected chi connectivity index (χ2v) is 9.84. The summed E-state index contributed by atoms with van der Waals surface area (Å²) in [6.45, 7) is 3.47. The second kappa shape index (κ2) is 8.63. The van der Waals surface area contributed by atoms with E-state index in [2.05, 4.69) is 67.3 Å². The molecule has 0 radical (unpaired) electrons. The lowest BCUT2D eigenvalue weighted by Crippen LogP contribution is -2.60. The van der Waals surface area contributed by atoms with Crippen LogP contribution in [-0.4, -0.2) is 89.2 Å². The van der Waals surface area contributed by atoms with E-state index in [0.29, 0.717) is 11.8 Å². The van der Waals surface area contributed by atoms with E-state index >= 15 is 0 Å². The third kappa shape index (κ3) is 4.23. The quantitative estimate of drug-likeness (QED) is 0.657. The summed E-state index contributed by atoms with van der Waals surface area (Å²) >= 11 is 1.91. The van der Waals surface area contributed by atoms with Gasteiger partial charge in [-0.3, -0.25) is 9.48 Å². The van der Waals surface area contributed by atoms with Gasteiger partial charge in [-0.2, -0.15) is 16.9 Å². The first kappa shape index (κ1) is 21.2. The van der Waals surface area contributed by atoms with E-state index in [-0.39, 0.29) is 5.91 Å². The van der Waals surface area contributed by atoms with Crippen LogP contribution in [-0.2, 0) is 11.8 Å². The number of amides is 1. The SMILES string of the molecule is BC(B)(C(=O)N1CC=C(c2ccc(-c3ncn(C)n3)cc2)CC1)N1CCC(SC)C1. The van der Waals surface area contributed by atoms with Gasteiger partial charge in [-0.1, -0.05) is 30.3 Å². The predicted molar refractivity (Wildman–Crippen MR) is 129 cm³/mol. The summed E-state index contributed by atoms with van der Waals surface area (Å²) in [7, 11) is 6.04. The Morgan fingerprint density at radius 1 is 1.20 bits per heavy atom. The fraction of sp³-hybridized carbons (Fsp3) is 0.476. The van der Waals surface area contributed by atoms with E-state index in [0.717, 1.165) is 37.4 Å². The molecule has 30 heavy (non-hydrogen) atoms. The highest BCUT2D eigenvalue weighted by Crippen LogP contribution is 2.28. The molecule has 0 bridgehead atoms. The van der Waals surface area contributed by atoms with Crippen LogP contribution >= 0.6 is 11.8 Å². The van der Waals surface area contributed by atoms with Crippen LogP contribution in [0.4, 0.5) is 0 Å². The van der Waals surface area contributed by atoms with Crippen molar-refractivity contribution in [3.05, 3.63) is 42.2 Å². The highest BCUT2D eigenvalue weighted by Gasteiger charge is 2.40. The Hall–Kier alpha value is -1.99. The number of hydrogen-bond acceptors (Lipinski definition) is 5. The summed E-state index contributed by atoms with van der Waals surface area (Å²) in [4.78, 5) is 22.0. The number of carbonyl (C=O) groups excluding carboxylic acids is 1. The van der Waals surface area contributed by atoms with E-state index < -0.39 is 5.34 Å². The fourth-order valence-electron chi connectivity index (χ4n) is 4.37. The largest absolute Gasteiger partial charge is 0.338 e. The van der Waals surface area contributed by atoms with Crippen LogP contribution in [0.1, 0.15) is 18.4 Å². The topological polar surface area (TPSA) is 54.3 Å². The number of benzene rings is 1. The molecular weight excluding hydrogens is 392 g/mol. The van der Waals surface area contributed by atoms with E-state index in [4.69, 9.17) is 0 Å². The predicted octanol–water partition coefficient (Wildman–Crippen LogP) is 0.455.